The number of amides is 3. The van der Waals surface area contributed by atoms with Crippen LogP contribution in [0.2, 0.25) is 0 Å². The van der Waals surface area contributed by atoms with Crippen LogP contribution in [0.3, 0.4) is 0 Å². The molecule has 1 N–H and O–H groups in total. The third kappa shape index (κ3) is 1.86. The Morgan fingerprint density at radius 1 is 1.00 bits per heavy atom. The van der Waals surface area contributed by atoms with Crippen molar-refractivity contribution in [2.24, 2.45) is 11.8 Å². The van der Waals surface area contributed by atoms with Gasteiger partial charge in [0, 0.05) is 17.3 Å². The quantitative estimate of drug-likeness (QED) is 0.757. The maximum Gasteiger partial charge on any atom is 0.250 e. The predicted molar refractivity (Wildman–Crippen MR) is 102 cm³/mol. The van der Waals surface area contributed by atoms with Gasteiger partial charge in [-0.2, -0.15) is 0 Å². The summed E-state index contributed by atoms with van der Waals surface area (Å²) in [5.41, 5.74) is 0.655. The number of hydrogen-bond donors (Lipinski definition) is 1. The summed E-state index contributed by atoms with van der Waals surface area (Å²) >= 11 is 0. The lowest BCUT2D eigenvalue weighted by molar-refractivity contribution is -0.135. The molecule has 7 heteroatoms. The van der Waals surface area contributed by atoms with Gasteiger partial charge in [-0.15, -0.1) is 0 Å². The number of anilines is 2. The summed E-state index contributed by atoms with van der Waals surface area (Å²) in [4.78, 5) is 43.7. The van der Waals surface area contributed by atoms with Crippen molar-refractivity contribution in [2.45, 2.75) is 24.4 Å². The summed E-state index contributed by atoms with van der Waals surface area (Å²) in [6.07, 6.45) is 1.65. The van der Waals surface area contributed by atoms with Gasteiger partial charge in [0.25, 0.3) is 0 Å². The van der Waals surface area contributed by atoms with Crippen molar-refractivity contribution in [1.82, 2.24) is 4.90 Å². The van der Waals surface area contributed by atoms with Crippen LogP contribution in [0.25, 0.3) is 0 Å². The third-order valence-electron chi connectivity index (χ3n) is 6.98. The van der Waals surface area contributed by atoms with Crippen molar-refractivity contribution in [3.05, 3.63) is 59.9 Å². The highest BCUT2D eigenvalue weighted by Gasteiger charge is 2.74. The van der Waals surface area contributed by atoms with E-state index in [9.17, 15) is 18.8 Å². The van der Waals surface area contributed by atoms with Crippen LogP contribution in [-0.2, 0) is 19.9 Å². The summed E-state index contributed by atoms with van der Waals surface area (Å²) < 4.78 is 13.4. The molecule has 146 valence electrons. The van der Waals surface area contributed by atoms with Crippen molar-refractivity contribution in [3.63, 3.8) is 0 Å². The first-order valence-electron chi connectivity index (χ1n) is 9.86. The molecule has 6 rings (SSSR count). The number of rotatable bonds is 1. The lowest BCUT2D eigenvalue weighted by Crippen LogP contribution is -2.54. The monoisotopic (exact) mass is 391 g/mol. The average molecular weight is 391 g/mol. The lowest BCUT2D eigenvalue weighted by atomic mass is 9.75. The molecule has 0 aliphatic carbocycles. The number of halogens is 1. The van der Waals surface area contributed by atoms with Gasteiger partial charge in [-0.05, 0) is 49.7 Å². The number of nitrogens with one attached hydrogen (secondary N) is 1. The Balaban J connectivity index is 1.55. The Morgan fingerprint density at radius 3 is 2.55 bits per heavy atom. The first kappa shape index (κ1) is 16.9. The van der Waals surface area contributed by atoms with E-state index in [1.807, 2.05) is 24.3 Å². The first-order valence-corrected chi connectivity index (χ1v) is 9.86. The van der Waals surface area contributed by atoms with Gasteiger partial charge in [0.1, 0.15) is 11.4 Å². The average Bonchev–Trinajstić information content (AvgIpc) is 3.41. The van der Waals surface area contributed by atoms with Gasteiger partial charge in [-0.3, -0.25) is 19.3 Å². The molecule has 2 aromatic rings. The van der Waals surface area contributed by atoms with E-state index in [1.54, 1.807) is 0 Å². The van der Waals surface area contributed by atoms with E-state index < -0.39 is 23.2 Å². The van der Waals surface area contributed by atoms with Crippen LogP contribution >= 0.6 is 0 Å². The number of benzene rings is 2. The van der Waals surface area contributed by atoms with Crippen LogP contribution in [0, 0.1) is 17.7 Å². The van der Waals surface area contributed by atoms with Crippen molar-refractivity contribution in [3.8, 4) is 0 Å². The minimum atomic E-state index is -1.16. The van der Waals surface area contributed by atoms with E-state index in [1.165, 1.54) is 24.3 Å². The largest absolute Gasteiger partial charge is 0.324 e. The zero-order chi connectivity index (χ0) is 19.9. The molecule has 0 aromatic heterocycles. The Kier molecular flexibility index (Phi) is 3.20. The zero-order valence-electron chi connectivity index (χ0n) is 15.5. The molecule has 0 saturated carbocycles. The van der Waals surface area contributed by atoms with Gasteiger partial charge in [-0.1, -0.05) is 18.2 Å². The third-order valence-corrected chi connectivity index (χ3v) is 6.98. The number of fused-ring (bicyclic) bond motifs is 7. The lowest BCUT2D eigenvalue weighted by Gasteiger charge is -2.36. The molecule has 1 spiro atoms. The van der Waals surface area contributed by atoms with Crippen LogP contribution in [0.5, 0.6) is 0 Å². The van der Waals surface area contributed by atoms with Gasteiger partial charge in [0.05, 0.1) is 17.5 Å². The van der Waals surface area contributed by atoms with E-state index in [0.717, 1.165) is 23.3 Å². The number of para-hydroxylation sites is 1. The van der Waals surface area contributed by atoms with Crippen molar-refractivity contribution < 1.29 is 18.8 Å². The highest BCUT2D eigenvalue weighted by atomic mass is 19.1. The van der Waals surface area contributed by atoms with Crippen molar-refractivity contribution in [2.75, 3.05) is 16.8 Å². The first-order chi connectivity index (χ1) is 14.0. The molecule has 4 aliphatic rings. The summed E-state index contributed by atoms with van der Waals surface area (Å²) in [6, 6.07) is 12.6. The SMILES string of the molecule is O=C1[C@H]2[C@H]3CCCN3[C@]3(C(=O)Nc4ccccc43)[C@@H]2C(=O)N1c1ccc(F)cc1. The fourth-order valence-corrected chi connectivity index (χ4v) is 6.00. The van der Waals surface area contributed by atoms with E-state index >= 15 is 0 Å². The number of carbonyl (C=O) groups is 3. The van der Waals surface area contributed by atoms with Crippen LogP contribution in [0.4, 0.5) is 15.8 Å². The van der Waals surface area contributed by atoms with Crippen molar-refractivity contribution in [1.29, 1.82) is 0 Å². The van der Waals surface area contributed by atoms with E-state index in [-0.39, 0.29) is 23.8 Å². The second-order valence-electron chi connectivity index (χ2n) is 8.16. The molecule has 3 saturated heterocycles. The molecular weight excluding hydrogens is 373 g/mol. The maximum atomic E-state index is 13.6. The summed E-state index contributed by atoms with van der Waals surface area (Å²) in [6.45, 7) is 0.677. The summed E-state index contributed by atoms with van der Waals surface area (Å²) in [5.74, 6) is -2.71. The van der Waals surface area contributed by atoms with Crippen LogP contribution in [0.1, 0.15) is 18.4 Å². The second-order valence-corrected chi connectivity index (χ2v) is 8.16. The number of imide groups is 1. The van der Waals surface area contributed by atoms with Crippen LogP contribution < -0.4 is 10.2 Å². The highest BCUT2D eigenvalue weighted by molar-refractivity contribution is 6.25. The molecule has 4 heterocycles. The molecule has 4 atom stereocenters. The topological polar surface area (TPSA) is 69.7 Å². The Morgan fingerprint density at radius 2 is 1.76 bits per heavy atom. The molecule has 4 aliphatic heterocycles. The molecule has 0 unspecified atom stereocenters. The minimum absolute atomic E-state index is 0.154. The molecule has 0 radical (unpaired) electrons. The van der Waals surface area contributed by atoms with Crippen LogP contribution in [-0.4, -0.2) is 35.2 Å². The molecule has 29 heavy (non-hydrogen) atoms. The standard InChI is InChI=1S/C22H18FN3O3/c23-12-7-9-13(10-8-12)26-19(27)17-16-6-3-11-25(16)22(18(17)20(26)28)14-4-1-2-5-15(14)24-21(22)29/h1-2,4-5,7-10,16-18H,3,6,11H2,(H,24,29)/t16-,17+,18+,22+/m1/s1. The molecular formula is C22H18FN3O3. The highest BCUT2D eigenvalue weighted by Crippen LogP contribution is 2.60. The summed E-state index contributed by atoms with van der Waals surface area (Å²) in [7, 11) is 0. The normalized spacial score (nSPS) is 32.7. The second kappa shape index (κ2) is 5.51. The van der Waals surface area contributed by atoms with Crippen LogP contribution in [0.15, 0.2) is 48.5 Å². The molecule has 2 aromatic carbocycles. The molecule has 3 fully saturated rings. The van der Waals surface area contributed by atoms with Gasteiger partial charge in [0.15, 0.2) is 0 Å². The van der Waals surface area contributed by atoms with Gasteiger partial charge in [-0.25, -0.2) is 9.29 Å². The molecule has 3 amide bonds. The fraction of sp³-hybridized carbons (Fsp3) is 0.318. The Bertz CT molecular complexity index is 1080. The number of carbonyl (C=O) groups excluding carboxylic acids is 3. The minimum Gasteiger partial charge on any atom is -0.324 e. The number of nitrogens with zero attached hydrogens (tertiary/aromatic N) is 2. The van der Waals surface area contributed by atoms with Gasteiger partial charge in [0.2, 0.25) is 17.7 Å². The number of hydrogen-bond acceptors (Lipinski definition) is 4. The van der Waals surface area contributed by atoms with Gasteiger partial charge < -0.3 is 5.32 Å². The molecule has 6 nitrogen and oxygen atoms in total. The van der Waals surface area contributed by atoms with Crippen molar-refractivity contribution >= 4 is 29.1 Å². The summed E-state index contributed by atoms with van der Waals surface area (Å²) in [5, 5.41) is 2.94. The Hall–Kier alpha value is -3.06. The fourth-order valence-electron chi connectivity index (χ4n) is 6.00. The zero-order valence-corrected chi connectivity index (χ0v) is 15.5. The van der Waals surface area contributed by atoms with E-state index in [0.29, 0.717) is 17.9 Å². The van der Waals surface area contributed by atoms with Gasteiger partial charge >= 0.3 is 0 Å². The maximum absolute atomic E-state index is 13.6. The van der Waals surface area contributed by atoms with E-state index in [2.05, 4.69) is 10.2 Å². The smallest absolute Gasteiger partial charge is 0.250 e. The Labute approximate surface area is 166 Å². The van der Waals surface area contributed by atoms with E-state index in [4.69, 9.17) is 0 Å². The predicted octanol–water partition coefficient (Wildman–Crippen LogP) is 2.26. The molecule has 0 bridgehead atoms.